The monoisotopic (exact) mass is 272 g/mol. The third-order valence-electron chi connectivity index (χ3n) is 3.45. The quantitative estimate of drug-likeness (QED) is 0.830. The molecule has 1 atom stereocenters. The molecule has 0 bridgehead atoms. The van der Waals surface area contributed by atoms with Crippen molar-refractivity contribution in [3.8, 4) is 0 Å². The number of nitrogens with one attached hydrogen (secondary N) is 1. The Kier molecular flexibility index (Phi) is 4.30. The standard InChI is InChI=1S/C13H18ClFN2O/c1-8(9-2-4-18-5-3-9)17-13-6-10(14)11(15)7-12(13)16/h6-9,17H,2-5,16H2,1H3. The first kappa shape index (κ1) is 13.4. The molecule has 0 saturated carbocycles. The Bertz CT molecular complexity index is 422. The predicted octanol–water partition coefficient (Wildman–Crippen LogP) is 3.29. The van der Waals surface area contributed by atoms with Crippen molar-refractivity contribution in [3.05, 3.63) is 23.0 Å². The van der Waals surface area contributed by atoms with Gasteiger partial charge in [0.2, 0.25) is 0 Å². The molecule has 0 aromatic heterocycles. The Labute approximate surface area is 111 Å². The summed E-state index contributed by atoms with van der Waals surface area (Å²) in [6, 6.07) is 3.06. The molecule has 1 aliphatic heterocycles. The normalized spacial score (nSPS) is 18.6. The highest BCUT2D eigenvalue weighted by atomic mass is 35.5. The lowest BCUT2D eigenvalue weighted by Gasteiger charge is -2.29. The Hall–Kier alpha value is -1.00. The molecule has 1 aromatic carbocycles. The van der Waals surface area contributed by atoms with Crippen molar-refractivity contribution >= 4 is 23.0 Å². The molecule has 0 radical (unpaired) electrons. The molecule has 1 fully saturated rings. The van der Waals surface area contributed by atoms with E-state index in [4.69, 9.17) is 22.1 Å². The summed E-state index contributed by atoms with van der Waals surface area (Å²) >= 11 is 5.76. The molecular formula is C13H18ClFN2O. The molecule has 1 unspecified atom stereocenters. The highest BCUT2D eigenvalue weighted by molar-refractivity contribution is 6.31. The van der Waals surface area contributed by atoms with Crippen molar-refractivity contribution in [2.75, 3.05) is 24.3 Å². The lowest BCUT2D eigenvalue weighted by atomic mass is 9.93. The fourth-order valence-electron chi connectivity index (χ4n) is 2.27. The van der Waals surface area contributed by atoms with Crippen LogP contribution in [0.1, 0.15) is 19.8 Å². The van der Waals surface area contributed by atoms with Gasteiger partial charge in [0.15, 0.2) is 0 Å². The Morgan fingerprint density at radius 1 is 1.44 bits per heavy atom. The predicted molar refractivity (Wildman–Crippen MR) is 72.5 cm³/mol. The summed E-state index contributed by atoms with van der Waals surface area (Å²) in [6.07, 6.45) is 2.06. The number of hydrogen-bond acceptors (Lipinski definition) is 3. The van der Waals surface area contributed by atoms with Gasteiger partial charge in [-0.05, 0) is 31.7 Å². The van der Waals surface area contributed by atoms with E-state index in [-0.39, 0.29) is 11.1 Å². The van der Waals surface area contributed by atoms with Gasteiger partial charge in [-0.1, -0.05) is 11.6 Å². The summed E-state index contributed by atoms with van der Waals surface area (Å²) in [5, 5.41) is 3.41. The molecule has 100 valence electrons. The molecule has 1 aromatic rings. The van der Waals surface area contributed by atoms with Gasteiger partial charge in [0, 0.05) is 25.3 Å². The number of anilines is 2. The third kappa shape index (κ3) is 3.06. The highest BCUT2D eigenvalue weighted by Crippen LogP contribution is 2.29. The van der Waals surface area contributed by atoms with E-state index in [1.54, 1.807) is 6.07 Å². The molecule has 2 rings (SSSR count). The van der Waals surface area contributed by atoms with Gasteiger partial charge in [-0.15, -0.1) is 0 Å². The topological polar surface area (TPSA) is 47.3 Å². The first-order valence-corrected chi connectivity index (χ1v) is 6.54. The summed E-state index contributed by atoms with van der Waals surface area (Å²) in [6.45, 7) is 3.71. The van der Waals surface area contributed by atoms with Gasteiger partial charge in [0.1, 0.15) is 5.82 Å². The van der Waals surface area contributed by atoms with Crippen LogP contribution in [0.4, 0.5) is 15.8 Å². The van der Waals surface area contributed by atoms with E-state index in [2.05, 4.69) is 12.2 Å². The zero-order chi connectivity index (χ0) is 13.1. The zero-order valence-corrected chi connectivity index (χ0v) is 11.1. The number of rotatable bonds is 3. The molecule has 3 nitrogen and oxygen atoms in total. The van der Waals surface area contributed by atoms with Crippen LogP contribution in [0.3, 0.4) is 0 Å². The van der Waals surface area contributed by atoms with Crippen LogP contribution in [-0.2, 0) is 4.74 Å². The van der Waals surface area contributed by atoms with E-state index < -0.39 is 5.82 Å². The zero-order valence-electron chi connectivity index (χ0n) is 10.4. The summed E-state index contributed by atoms with van der Waals surface area (Å²) < 4.78 is 18.5. The number of nitrogen functional groups attached to an aromatic ring is 1. The van der Waals surface area contributed by atoms with E-state index in [0.717, 1.165) is 26.1 Å². The van der Waals surface area contributed by atoms with Crippen LogP contribution in [0, 0.1) is 11.7 Å². The Morgan fingerprint density at radius 2 is 2.11 bits per heavy atom. The van der Waals surface area contributed by atoms with E-state index in [0.29, 0.717) is 17.3 Å². The highest BCUT2D eigenvalue weighted by Gasteiger charge is 2.21. The molecule has 1 aliphatic rings. The Balaban J connectivity index is 2.06. The maximum Gasteiger partial charge on any atom is 0.143 e. The lowest BCUT2D eigenvalue weighted by molar-refractivity contribution is 0.0622. The van der Waals surface area contributed by atoms with Crippen molar-refractivity contribution in [1.29, 1.82) is 0 Å². The second-order valence-electron chi connectivity index (χ2n) is 4.74. The van der Waals surface area contributed by atoms with Crippen LogP contribution >= 0.6 is 11.6 Å². The number of ether oxygens (including phenoxy) is 1. The van der Waals surface area contributed by atoms with Crippen molar-refractivity contribution in [2.24, 2.45) is 5.92 Å². The molecule has 1 saturated heterocycles. The van der Waals surface area contributed by atoms with Gasteiger partial charge < -0.3 is 15.8 Å². The van der Waals surface area contributed by atoms with E-state index in [1.165, 1.54) is 6.07 Å². The van der Waals surface area contributed by atoms with Crippen LogP contribution in [0.25, 0.3) is 0 Å². The van der Waals surface area contributed by atoms with Crippen molar-refractivity contribution in [3.63, 3.8) is 0 Å². The molecule has 0 spiro atoms. The summed E-state index contributed by atoms with van der Waals surface area (Å²) in [7, 11) is 0. The molecule has 5 heteroatoms. The summed E-state index contributed by atoms with van der Waals surface area (Å²) in [5.41, 5.74) is 6.86. The van der Waals surface area contributed by atoms with Crippen molar-refractivity contribution in [2.45, 2.75) is 25.8 Å². The smallest absolute Gasteiger partial charge is 0.143 e. The third-order valence-corrected chi connectivity index (χ3v) is 3.74. The molecule has 1 heterocycles. The molecule has 0 amide bonds. The fraction of sp³-hybridized carbons (Fsp3) is 0.538. The van der Waals surface area contributed by atoms with Gasteiger partial charge in [0.25, 0.3) is 0 Å². The first-order valence-electron chi connectivity index (χ1n) is 6.16. The van der Waals surface area contributed by atoms with E-state index in [9.17, 15) is 4.39 Å². The van der Waals surface area contributed by atoms with Crippen molar-refractivity contribution < 1.29 is 9.13 Å². The van der Waals surface area contributed by atoms with Gasteiger partial charge in [0.05, 0.1) is 16.4 Å². The number of hydrogen-bond donors (Lipinski definition) is 2. The minimum Gasteiger partial charge on any atom is -0.397 e. The second kappa shape index (κ2) is 5.76. The average molecular weight is 273 g/mol. The minimum atomic E-state index is -0.488. The fourth-order valence-corrected chi connectivity index (χ4v) is 2.43. The Morgan fingerprint density at radius 3 is 2.78 bits per heavy atom. The molecule has 0 aliphatic carbocycles. The summed E-state index contributed by atoms with van der Waals surface area (Å²) in [4.78, 5) is 0. The van der Waals surface area contributed by atoms with Crippen LogP contribution < -0.4 is 11.1 Å². The SMILES string of the molecule is CC(Nc1cc(Cl)c(F)cc1N)C1CCOCC1. The molecular weight excluding hydrogens is 255 g/mol. The molecule has 3 N–H and O–H groups in total. The summed E-state index contributed by atoms with van der Waals surface area (Å²) in [5.74, 6) is 0.0559. The maximum absolute atomic E-state index is 13.2. The van der Waals surface area contributed by atoms with Crippen LogP contribution in [0.15, 0.2) is 12.1 Å². The first-order chi connectivity index (χ1) is 8.58. The van der Waals surface area contributed by atoms with Gasteiger partial charge in [-0.25, -0.2) is 4.39 Å². The number of nitrogens with two attached hydrogens (primary N) is 1. The largest absolute Gasteiger partial charge is 0.397 e. The van der Waals surface area contributed by atoms with Crippen molar-refractivity contribution in [1.82, 2.24) is 0 Å². The molecule has 18 heavy (non-hydrogen) atoms. The van der Waals surface area contributed by atoms with E-state index >= 15 is 0 Å². The average Bonchev–Trinajstić information content (AvgIpc) is 2.37. The van der Waals surface area contributed by atoms with Crippen LogP contribution in [0.5, 0.6) is 0 Å². The maximum atomic E-state index is 13.2. The van der Waals surface area contributed by atoms with Crippen LogP contribution in [0.2, 0.25) is 5.02 Å². The van der Waals surface area contributed by atoms with Crippen LogP contribution in [-0.4, -0.2) is 19.3 Å². The second-order valence-corrected chi connectivity index (χ2v) is 5.14. The van der Waals surface area contributed by atoms with Gasteiger partial charge >= 0.3 is 0 Å². The number of benzene rings is 1. The minimum absolute atomic E-state index is 0.0888. The lowest BCUT2D eigenvalue weighted by Crippen LogP contribution is -2.31. The van der Waals surface area contributed by atoms with Gasteiger partial charge in [-0.2, -0.15) is 0 Å². The van der Waals surface area contributed by atoms with E-state index in [1.807, 2.05) is 0 Å². The van der Waals surface area contributed by atoms with Gasteiger partial charge in [-0.3, -0.25) is 0 Å². The number of halogens is 2.